The van der Waals surface area contributed by atoms with Crippen molar-refractivity contribution in [1.82, 2.24) is 15.0 Å². The van der Waals surface area contributed by atoms with E-state index in [4.69, 9.17) is 20.9 Å². The smallest absolute Gasteiger partial charge is 0.238 e. The lowest BCUT2D eigenvalue weighted by Crippen LogP contribution is -2.48. The molecule has 2 aromatic rings. The predicted molar refractivity (Wildman–Crippen MR) is 99.6 cm³/mol. The topological polar surface area (TPSA) is 70.8 Å². The van der Waals surface area contributed by atoms with Crippen molar-refractivity contribution in [2.45, 2.75) is 13.5 Å². The van der Waals surface area contributed by atoms with E-state index in [9.17, 15) is 4.79 Å². The fourth-order valence-corrected chi connectivity index (χ4v) is 3.23. The molecule has 8 heteroatoms. The number of hydrogen-bond acceptors (Lipinski definition) is 6. The Balaban J connectivity index is 1.43. The number of anilines is 1. The zero-order valence-corrected chi connectivity index (χ0v) is 15.8. The largest absolute Gasteiger partial charge is 0.495 e. The minimum Gasteiger partial charge on any atom is -0.495 e. The van der Waals surface area contributed by atoms with E-state index in [0.717, 1.165) is 44.2 Å². The molecule has 1 fully saturated rings. The van der Waals surface area contributed by atoms with E-state index in [1.807, 2.05) is 13.0 Å². The Morgan fingerprint density at radius 3 is 2.62 bits per heavy atom. The van der Waals surface area contributed by atoms with Crippen molar-refractivity contribution < 1.29 is 14.1 Å². The molecule has 1 saturated heterocycles. The summed E-state index contributed by atoms with van der Waals surface area (Å²) in [6.07, 6.45) is 0. The van der Waals surface area contributed by atoms with E-state index in [2.05, 4.69) is 20.3 Å². The Morgan fingerprint density at radius 2 is 2.00 bits per heavy atom. The standard InChI is InChI=1S/C18H23ClN4O3/c1-13-9-15(21-26-13)11-22-5-7-23(8-6-22)12-18(24)20-14-3-4-17(25-2)16(19)10-14/h3-4,9-10H,5-8,11-12H2,1-2H3,(H,20,24). The quantitative estimate of drug-likeness (QED) is 0.832. The van der Waals surface area contributed by atoms with Crippen LogP contribution < -0.4 is 10.1 Å². The third-order valence-corrected chi connectivity index (χ3v) is 4.63. The van der Waals surface area contributed by atoms with Gasteiger partial charge in [-0.1, -0.05) is 16.8 Å². The van der Waals surface area contributed by atoms with Crippen molar-refractivity contribution in [3.05, 3.63) is 40.7 Å². The normalized spacial score (nSPS) is 15.8. The number of hydrogen-bond donors (Lipinski definition) is 1. The first kappa shape index (κ1) is 18.7. The highest BCUT2D eigenvalue weighted by Gasteiger charge is 2.20. The van der Waals surface area contributed by atoms with Gasteiger partial charge in [-0.25, -0.2) is 0 Å². The van der Waals surface area contributed by atoms with Gasteiger partial charge in [0, 0.05) is 44.5 Å². The molecule has 1 aromatic carbocycles. The summed E-state index contributed by atoms with van der Waals surface area (Å²) in [6.45, 7) is 6.51. The minimum absolute atomic E-state index is 0.0493. The summed E-state index contributed by atoms with van der Waals surface area (Å²) in [5.41, 5.74) is 1.62. The van der Waals surface area contributed by atoms with Gasteiger partial charge >= 0.3 is 0 Å². The van der Waals surface area contributed by atoms with Gasteiger partial charge in [0.15, 0.2) is 0 Å². The van der Waals surface area contributed by atoms with Gasteiger partial charge < -0.3 is 14.6 Å². The molecule has 140 valence electrons. The molecule has 0 radical (unpaired) electrons. The van der Waals surface area contributed by atoms with E-state index in [0.29, 0.717) is 23.0 Å². The number of aryl methyl sites for hydroxylation is 1. The molecule has 0 atom stereocenters. The number of ether oxygens (including phenoxy) is 1. The molecule has 26 heavy (non-hydrogen) atoms. The molecule has 1 aromatic heterocycles. The van der Waals surface area contributed by atoms with Gasteiger partial charge in [0.25, 0.3) is 0 Å². The fraction of sp³-hybridized carbons (Fsp3) is 0.444. The number of nitrogens with zero attached hydrogens (tertiary/aromatic N) is 3. The summed E-state index contributed by atoms with van der Waals surface area (Å²) in [6, 6.07) is 7.17. The highest BCUT2D eigenvalue weighted by atomic mass is 35.5. The maximum atomic E-state index is 12.3. The molecule has 1 aliphatic heterocycles. The minimum atomic E-state index is -0.0493. The molecule has 0 saturated carbocycles. The second-order valence-electron chi connectivity index (χ2n) is 6.38. The summed E-state index contributed by atoms with van der Waals surface area (Å²) < 4.78 is 10.2. The third-order valence-electron chi connectivity index (χ3n) is 4.33. The van der Waals surface area contributed by atoms with Gasteiger partial charge in [-0.15, -0.1) is 0 Å². The average Bonchev–Trinajstić information content (AvgIpc) is 3.01. The van der Waals surface area contributed by atoms with Crippen molar-refractivity contribution in [2.75, 3.05) is 45.2 Å². The predicted octanol–water partition coefficient (Wildman–Crippen LogP) is 2.40. The number of nitrogens with one attached hydrogen (secondary N) is 1. The van der Waals surface area contributed by atoms with Crippen LogP contribution in [0.25, 0.3) is 0 Å². The van der Waals surface area contributed by atoms with Gasteiger partial charge in [-0.05, 0) is 25.1 Å². The van der Waals surface area contributed by atoms with Gasteiger partial charge in [-0.2, -0.15) is 0 Å². The number of rotatable bonds is 6. The molecule has 0 bridgehead atoms. The van der Waals surface area contributed by atoms with Crippen LogP contribution in [0.5, 0.6) is 5.75 Å². The first-order chi connectivity index (χ1) is 12.5. The van der Waals surface area contributed by atoms with Crippen LogP contribution in [0.2, 0.25) is 5.02 Å². The van der Waals surface area contributed by atoms with E-state index < -0.39 is 0 Å². The maximum absolute atomic E-state index is 12.3. The molecule has 1 N–H and O–H groups in total. The van der Waals surface area contributed by atoms with E-state index in [1.54, 1.807) is 25.3 Å². The van der Waals surface area contributed by atoms with Crippen molar-refractivity contribution in [3.63, 3.8) is 0 Å². The molecular formula is C18H23ClN4O3. The molecule has 0 aliphatic carbocycles. The summed E-state index contributed by atoms with van der Waals surface area (Å²) in [7, 11) is 1.56. The molecule has 2 heterocycles. The number of carbonyl (C=O) groups is 1. The summed E-state index contributed by atoms with van der Waals surface area (Å²) in [4.78, 5) is 16.7. The van der Waals surface area contributed by atoms with E-state index >= 15 is 0 Å². The van der Waals surface area contributed by atoms with Crippen LogP contribution in [0.3, 0.4) is 0 Å². The average molecular weight is 379 g/mol. The lowest BCUT2D eigenvalue weighted by atomic mass is 10.2. The summed E-state index contributed by atoms with van der Waals surface area (Å²) in [5.74, 6) is 1.36. The first-order valence-corrected chi connectivity index (χ1v) is 8.91. The Kier molecular flexibility index (Phi) is 6.13. The van der Waals surface area contributed by atoms with Gasteiger partial charge in [-0.3, -0.25) is 14.6 Å². The van der Waals surface area contributed by atoms with Gasteiger partial charge in [0.1, 0.15) is 11.5 Å². The molecule has 3 rings (SSSR count). The number of piperazine rings is 1. The molecule has 1 amide bonds. The van der Waals surface area contributed by atoms with Crippen molar-refractivity contribution in [2.24, 2.45) is 0 Å². The fourth-order valence-electron chi connectivity index (χ4n) is 2.97. The zero-order chi connectivity index (χ0) is 18.5. The first-order valence-electron chi connectivity index (χ1n) is 8.54. The van der Waals surface area contributed by atoms with Crippen LogP contribution in [0.4, 0.5) is 5.69 Å². The number of benzene rings is 1. The summed E-state index contributed by atoms with van der Waals surface area (Å²) in [5, 5.41) is 7.38. The van der Waals surface area contributed by atoms with E-state index in [1.165, 1.54) is 0 Å². The number of methoxy groups -OCH3 is 1. The maximum Gasteiger partial charge on any atom is 0.238 e. The number of carbonyl (C=O) groups excluding carboxylic acids is 1. The van der Waals surface area contributed by atoms with Crippen LogP contribution in [-0.2, 0) is 11.3 Å². The Hall–Kier alpha value is -2.09. The van der Waals surface area contributed by atoms with Crippen molar-refractivity contribution >= 4 is 23.2 Å². The number of aromatic nitrogens is 1. The SMILES string of the molecule is COc1ccc(NC(=O)CN2CCN(Cc3cc(C)on3)CC2)cc1Cl. The second-order valence-corrected chi connectivity index (χ2v) is 6.79. The molecule has 1 aliphatic rings. The Labute approximate surface area is 157 Å². The lowest BCUT2D eigenvalue weighted by Gasteiger charge is -2.33. The van der Waals surface area contributed by atoms with Crippen molar-refractivity contribution in [1.29, 1.82) is 0 Å². The monoisotopic (exact) mass is 378 g/mol. The highest BCUT2D eigenvalue weighted by molar-refractivity contribution is 6.32. The van der Waals surface area contributed by atoms with Crippen LogP contribution in [0.1, 0.15) is 11.5 Å². The Bertz CT molecular complexity index is 757. The number of amides is 1. The van der Waals surface area contributed by atoms with Crippen LogP contribution in [0.15, 0.2) is 28.8 Å². The lowest BCUT2D eigenvalue weighted by molar-refractivity contribution is -0.117. The second kappa shape index (κ2) is 8.53. The third kappa shape index (κ3) is 4.97. The van der Waals surface area contributed by atoms with E-state index in [-0.39, 0.29) is 5.91 Å². The number of halogens is 1. The molecule has 0 unspecified atom stereocenters. The van der Waals surface area contributed by atoms with Gasteiger partial charge in [0.2, 0.25) is 5.91 Å². The van der Waals surface area contributed by atoms with Crippen LogP contribution >= 0.6 is 11.6 Å². The molecule has 0 spiro atoms. The zero-order valence-electron chi connectivity index (χ0n) is 15.0. The van der Waals surface area contributed by atoms with Gasteiger partial charge in [0.05, 0.1) is 24.4 Å². The van der Waals surface area contributed by atoms with Crippen LogP contribution in [0, 0.1) is 6.92 Å². The van der Waals surface area contributed by atoms with Crippen LogP contribution in [-0.4, -0.2) is 60.7 Å². The highest BCUT2D eigenvalue weighted by Crippen LogP contribution is 2.27. The summed E-state index contributed by atoms with van der Waals surface area (Å²) >= 11 is 6.08. The Morgan fingerprint density at radius 1 is 1.27 bits per heavy atom. The molecular weight excluding hydrogens is 356 g/mol. The van der Waals surface area contributed by atoms with Crippen molar-refractivity contribution in [3.8, 4) is 5.75 Å². The molecule has 7 nitrogen and oxygen atoms in total.